The first-order valence-corrected chi connectivity index (χ1v) is 10.9. The quantitative estimate of drug-likeness (QED) is 0.261. The monoisotopic (exact) mass is 350 g/mol. The van der Waals surface area contributed by atoms with Gasteiger partial charge in [-0.25, -0.2) is 4.18 Å². The van der Waals surface area contributed by atoms with Crippen molar-refractivity contribution in [3.63, 3.8) is 0 Å². The molecule has 0 heterocycles. The molecule has 1 unspecified atom stereocenters. The summed E-state index contributed by atoms with van der Waals surface area (Å²) in [7, 11) is -4.25. The van der Waals surface area contributed by atoms with E-state index >= 15 is 0 Å². The van der Waals surface area contributed by atoms with Gasteiger partial charge in [0.05, 0.1) is 6.61 Å². The fourth-order valence-corrected chi connectivity index (χ4v) is 3.21. The summed E-state index contributed by atoms with van der Waals surface area (Å²) in [6, 6.07) is 0. The topological polar surface area (TPSA) is 63.6 Å². The van der Waals surface area contributed by atoms with Gasteiger partial charge in [-0.3, -0.25) is 4.55 Å². The molecule has 0 aromatic carbocycles. The number of hydrogen-bond donors (Lipinski definition) is 1. The Bertz CT molecular complexity index is 341. The van der Waals surface area contributed by atoms with E-state index in [2.05, 4.69) is 18.0 Å². The van der Waals surface area contributed by atoms with Gasteiger partial charge in [-0.05, 0) is 12.3 Å². The predicted molar refractivity (Wildman–Crippen MR) is 97.0 cm³/mol. The molecule has 1 N–H and O–H groups in total. The highest BCUT2D eigenvalue weighted by Gasteiger charge is 2.04. The lowest BCUT2D eigenvalue weighted by atomic mass is 9.96. The van der Waals surface area contributed by atoms with Crippen LogP contribution in [-0.2, 0) is 14.6 Å². The van der Waals surface area contributed by atoms with Gasteiger partial charge in [-0.1, -0.05) is 97.3 Å². The normalized spacial score (nSPS) is 13.3. The Kier molecular flexibility index (Phi) is 15.3. The maximum atomic E-state index is 10.4. The van der Waals surface area contributed by atoms with E-state index in [1.807, 2.05) is 0 Å². The van der Waals surface area contributed by atoms with Gasteiger partial charge in [-0.2, -0.15) is 8.42 Å². The van der Waals surface area contributed by atoms with Crippen molar-refractivity contribution >= 4 is 10.4 Å². The standard InChI is InChI=1S/C18H38O4S/c1-3-4-5-6-7-8-9-12-15-18(2)16-13-10-11-14-17-22-23(19,20)21/h18H,3-17H2,1-2H3,(H,19,20,21). The van der Waals surface area contributed by atoms with Crippen LogP contribution in [0.5, 0.6) is 0 Å². The third-order valence-electron chi connectivity index (χ3n) is 4.37. The minimum atomic E-state index is -4.25. The van der Waals surface area contributed by atoms with Crippen molar-refractivity contribution < 1.29 is 17.2 Å². The SMILES string of the molecule is CCCCCCCCCCC(C)CCCCCCOS(=O)(=O)O. The van der Waals surface area contributed by atoms with E-state index < -0.39 is 10.4 Å². The van der Waals surface area contributed by atoms with Gasteiger partial charge in [0.25, 0.3) is 0 Å². The van der Waals surface area contributed by atoms with Crippen LogP contribution in [0.4, 0.5) is 0 Å². The molecule has 23 heavy (non-hydrogen) atoms. The van der Waals surface area contributed by atoms with Gasteiger partial charge in [-0.15, -0.1) is 0 Å². The highest BCUT2D eigenvalue weighted by molar-refractivity contribution is 7.80. The third-order valence-corrected chi connectivity index (χ3v) is 4.84. The molecule has 0 aromatic heterocycles. The van der Waals surface area contributed by atoms with Crippen LogP contribution in [0.15, 0.2) is 0 Å². The summed E-state index contributed by atoms with van der Waals surface area (Å²) >= 11 is 0. The average molecular weight is 351 g/mol. The maximum absolute atomic E-state index is 10.4. The summed E-state index contributed by atoms with van der Waals surface area (Å²) in [6.07, 6.45) is 17.6. The summed E-state index contributed by atoms with van der Waals surface area (Å²) in [6.45, 7) is 4.68. The van der Waals surface area contributed by atoms with E-state index in [-0.39, 0.29) is 6.61 Å². The van der Waals surface area contributed by atoms with Crippen LogP contribution in [-0.4, -0.2) is 19.6 Å². The molecule has 0 aliphatic carbocycles. The first-order valence-electron chi connectivity index (χ1n) is 9.57. The number of unbranched alkanes of at least 4 members (excludes halogenated alkanes) is 10. The van der Waals surface area contributed by atoms with Gasteiger partial charge in [0.1, 0.15) is 0 Å². The molecule has 5 heteroatoms. The van der Waals surface area contributed by atoms with Crippen molar-refractivity contribution in [2.75, 3.05) is 6.61 Å². The first-order chi connectivity index (χ1) is 11.0. The van der Waals surface area contributed by atoms with Crippen LogP contribution in [0.25, 0.3) is 0 Å². The summed E-state index contributed by atoms with van der Waals surface area (Å²) < 4.78 is 33.4. The Morgan fingerprint density at radius 3 is 1.70 bits per heavy atom. The highest BCUT2D eigenvalue weighted by Crippen LogP contribution is 2.18. The Labute approximate surface area is 144 Å². The Hall–Kier alpha value is -0.130. The molecule has 4 nitrogen and oxygen atoms in total. The summed E-state index contributed by atoms with van der Waals surface area (Å²) in [4.78, 5) is 0. The Morgan fingerprint density at radius 1 is 0.783 bits per heavy atom. The lowest BCUT2D eigenvalue weighted by molar-refractivity contribution is 0.261. The second-order valence-corrected chi connectivity index (χ2v) is 7.91. The minimum absolute atomic E-state index is 0.0899. The lowest BCUT2D eigenvalue weighted by Gasteiger charge is -2.11. The largest absolute Gasteiger partial charge is 0.397 e. The van der Waals surface area contributed by atoms with E-state index in [1.54, 1.807) is 0 Å². The van der Waals surface area contributed by atoms with Crippen LogP contribution in [0.3, 0.4) is 0 Å². The van der Waals surface area contributed by atoms with Crippen molar-refractivity contribution in [3.8, 4) is 0 Å². The fraction of sp³-hybridized carbons (Fsp3) is 1.00. The maximum Gasteiger partial charge on any atom is 0.397 e. The van der Waals surface area contributed by atoms with Gasteiger partial charge in [0.2, 0.25) is 0 Å². The van der Waals surface area contributed by atoms with Gasteiger partial charge in [0, 0.05) is 0 Å². The van der Waals surface area contributed by atoms with Crippen molar-refractivity contribution in [1.82, 2.24) is 0 Å². The third kappa shape index (κ3) is 19.8. The molecule has 0 rings (SSSR count). The highest BCUT2D eigenvalue weighted by atomic mass is 32.3. The van der Waals surface area contributed by atoms with Gasteiger partial charge >= 0.3 is 10.4 Å². The molecule has 0 aliphatic rings. The van der Waals surface area contributed by atoms with Crippen molar-refractivity contribution in [2.45, 2.75) is 104 Å². The molecule has 0 saturated heterocycles. The molecule has 0 saturated carbocycles. The molecule has 0 fully saturated rings. The van der Waals surface area contributed by atoms with Crippen LogP contribution >= 0.6 is 0 Å². The van der Waals surface area contributed by atoms with Crippen LogP contribution < -0.4 is 0 Å². The average Bonchev–Trinajstić information content (AvgIpc) is 2.48. The molecular formula is C18H38O4S. The second-order valence-electron chi connectivity index (χ2n) is 6.82. The zero-order valence-electron chi connectivity index (χ0n) is 15.3. The fourth-order valence-electron chi connectivity index (χ4n) is 2.88. The summed E-state index contributed by atoms with van der Waals surface area (Å²) in [5, 5.41) is 0. The molecule has 0 aliphatic heterocycles. The zero-order chi connectivity index (χ0) is 17.4. The summed E-state index contributed by atoms with van der Waals surface area (Å²) in [5.74, 6) is 0.796. The van der Waals surface area contributed by atoms with E-state index in [0.29, 0.717) is 6.42 Å². The van der Waals surface area contributed by atoms with Gasteiger partial charge in [0.15, 0.2) is 0 Å². The minimum Gasteiger partial charge on any atom is -0.264 e. The summed E-state index contributed by atoms with van der Waals surface area (Å²) in [5.41, 5.74) is 0. The molecule has 0 radical (unpaired) electrons. The molecule has 0 amide bonds. The predicted octanol–water partition coefficient (Wildman–Crippen LogP) is 5.92. The van der Waals surface area contributed by atoms with E-state index in [4.69, 9.17) is 4.55 Å². The van der Waals surface area contributed by atoms with Crippen molar-refractivity contribution in [2.24, 2.45) is 5.92 Å². The van der Waals surface area contributed by atoms with Crippen molar-refractivity contribution in [3.05, 3.63) is 0 Å². The molecule has 0 spiro atoms. The molecular weight excluding hydrogens is 312 g/mol. The van der Waals surface area contributed by atoms with Crippen LogP contribution in [0.2, 0.25) is 0 Å². The van der Waals surface area contributed by atoms with E-state index in [1.165, 1.54) is 70.6 Å². The van der Waals surface area contributed by atoms with Crippen molar-refractivity contribution in [1.29, 1.82) is 0 Å². The molecule has 140 valence electrons. The Balaban J connectivity index is 3.23. The van der Waals surface area contributed by atoms with Crippen LogP contribution in [0, 0.1) is 5.92 Å². The molecule has 0 aromatic rings. The molecule has 1 atom stereocenters. The van der Waals surface area contributed by atoms with Crippen LogP contribution in [0.1, 0.15) is 104 Å². The molecule has 0 bridgehead atoms. The first kappa shape index (κ1) is 22.9. The second kappa shape index (κ2) is 15.4. The Morgan fingerprint density at radius 2 is 1.22 bits per heavy atom. The lowest BCUT2D eigenvalue weighted by Crippen LogP contribution is -2.04. The van der Waals surface area contributed by atoms with Gasteiger partial charge < -0.3 is 0 Å². The number of hydrogen-bond acceptors (Lipinski definition) is 3. The smallest absolute Gasteiger partial charge is 0.264 e. The van der Waals surface area contributed by atoms with E-state index in [9.17, 15) is 8.42 Å². The number of rotatable bonds is 17. The van der Waals surface area contributed by atoms with E-state index in [0.717, 1.165) is 18.8 Å². The zero-order valence-corrected chi connectivity index (χ0v) is 16.1.